The Morgan fingerprint density at radius 1 is 1.20 bits per heavy atom. The minimum Gasteiger partial charge on any atom is -0.393 e. The third-order valence-electron chi connectivity index (χ3n) is 5.19. The molecule has 0 spiro atoms. The molecule has 2 aliphatic carbocycles. The van der Waals surface area contributed by atoms with E-state index >= 15 is 0 Å². The first-order chi connectivity index (χ1) is 9.72. The quantitative estimate of drug-likeness (QED) is 0.881. The van der Waals surface area contributed by atoms with Crippen LogP contribution in [0.5, 0.6) is 0 Å². The topological polar surface area (TPSA) is 32.3 Å². The molecule has 2 unspecified atom stereocenters. The minimum absolute atomic E-state index is 0.0658. The summed E-state index contributed by atoms with van der Waals surface area (Å²) >= 11 is 0. The molecule has 2 fully saturated rings. The van der Waals surface area contributed by atoms with Gasteiger partial charge in [-0.05, 0) is 50.0 Å². The summed E-state index contributed by atoms with van der Waals surface area (Å²) in [4.78, 5) is 0. The van der Waals surface area contributed by atoms with Gasteiger partial charge >= 0.3 is 0 Å². The van der Waals surface area contributed by atoms with Gasteiger partial charge in [-0.25, -0.2) is 0 Å². The van der Waals surface area contributed by atoms with Crippen LogP contribution in [0.25, 0.3) is 0 Å². The number of nitrogens with one attached hydrogen (secondary N) is 1. The summed E-state index contributed by atoms with van der Waals surface area (Å²) < 4.78 is 0. The van der Waals surface area contributed by atoms with Crippen LogP contribution in [-0.2, 0) is 0 Å². The van der Waals surface area contributed by atoms with Gasteiger partial charge in [-0.3, -0.25) is 0 Å². The summed E-state index contributed by atoms with van der Waals surface area (Å²) in [5, 5.41) is 13.7. The summed E-state index contributed by atoms with van der Waals surface area (Å²) in [5.41, 5.74) is 2.87. The van der Waals surface area contributed by atoms with E-state index in [0.717, 1.165) is 18.9 Å². The van der Waals surface area contributed by atoms with Gasteiger partial charge in [-0.1, -0.05) is 42.7 Å². The van der Waals surface area contributed by atoms with Crippen molar-refractivity contribution < 1.29 is 5.11 Å². The van der Waals surface area contributed by atoms with Crippen molar-refractivity contribution in [3.8, 4) is 0 Å². The van der Waals surface area contributed by atoms with Gasteiger partial charge in [0.1, 0.15) is 0 Å². The van der Waals surface area contributed by atoms with Crippen LogP contribution in [0, 0.1) is 12.8 Å². The van der Waals surface area contributed by atoms with Crippen molar-refractivity contribution in [2.45, 2.75) is 63.5 Å². The minimum atomic E-state index is -0.0658. The lowest BCUT2D eigenvalue weighted by atomic mass is 9.75. The third-order valence-corrected chi connectivity index (χ3v) is 5.19. The van der Waals surface area contributed by atoms with Crippen molar-refractivity contribution in [2.75, 3.05) is 6.54 Å². The van der Waals surface area contributed by atoms with Gasteiger partial charge in [0.15, 0.2) is 0 Å². The fraction of sp³-hybridized carbons (Fsp3) is 0.667. The van der Waals surface area contributed by atoms with Gasteiger partial charge < -0.3 is 10.4 Å². The van der Waals surface area contributed by atoms with E-state index in [2.05, 4.69) is 36.5 Å². The van der Waals surface area contributed by atoms with Crippen molar-refractivity contribution in [2.24, 2.45) is 5.92 Å². The van der Waals surface area contributed by atoms with Gasteiger partial charge in [0.25, 0.3) is 0 Å². The van der Waals surface area contributed by atoms with Crippen molar-refractivity contribution in [3.05, 3.63) is 35.4 Å². The van der Waals surface area contributed by atoms with Crippen LogP contribution >= 0.6 is 0 Å². The summed E-state index contributed by atoms with van der Waals surface area (Å²) in [6.45, 7) is 3.18. The number of hydrogen-bond acceptors (Lipinski definition) is 2. The zero-order valence-corrected chi connectivity index (χ0v) is 12.5. The van der Waals surface area contributed by atoms with Crippen molar-refractivity contribution in [1.82, 2.24) is 5.32 Å². The van der Waals surface area contributed by atoms with Crippen LogP contribution in [0.1, 0.15) is 55.6 Å². The van der Waals surface area contributed by atoms with E-state index in [-0.39, 0.29) is 6.10 Å². The largest absolute Gasteiger partial charge is 0.393 e. The maximum Gasteiger partial charge on any atom is 0.0580 e. The number of aryl methyl sites for hydroxylation is 1. The monoisotopic (exact) mass is 273 g/mol. The standard InChI is InChI=1S/C18H27NO/c1-13-5-4-7-14(9-13)16-10-17(11-16)19-12-15-6-2-3-8-18(15)20/h4-5,7,9,15-20H,2-3,6,8,10-12H2,1H3. The molecule has 2 aliphatic rings. The Morgan fingerprint density at radius 2 is 2.00 bits per heavy atom. The second kappa shape index (κ2) is 6.28. The van der Waals surface area contributed by atoms with E-state index in [9.17, 15) is 5.11 Å². The molecule has 20 heavy (non-hydrogen) atoms. The highest BCUT2D eigenvalue weighted by atomic mass is 16.3. The molecule has 2 nitrogen and oxygen atoms in total. The van der Waals surface area contributed by atoms with Crippen LogP contribution in [0.4, 0.5) is 0 Å². The summed E-state index contributed by atoms with van der Waals surface area (Å²) in [6, 6.07) is 9.59. The molecule has 0 heterocycles. The molecule has 3 rings (SSSR count). The summed E-state index contributed by atoms with van der Waals surface area (Å²) in [7, 11) is 0. The second-order valence-electron chi connectivity index (χ2n) is 6.80. The maximum absolute atomic E-state index is 9.99. The molecular weight excluding hydrogens is 246 g/mol. The van der Waals surface area contributed by atoms with Crippen LogP contribution in [0.2, 0.25) is 0 Å². The number of rotatable bonds is 4. The molecule has 0 bridgehead atoms. The maximum atomic E-state index is 9.99. The van der Waals surface area contributed by atoms with E-state index in [1.165, 1.54) is 43.2 Å². The number of aliphatic hydroxyl groups excluding tert-OH is 1. The van der Waals surface area contributed by atoms with Crippen LogP contribution in [-0.4, -0.2) is 23.8 Å². The molecule has 2 N–H and O–H groups in total. The highest BCUT2D eigenvalue weighted by molar-refractivity contribution is 5.27. The molecule has 0 aromatic heterocycles. The fourth-order valence-electron chi connectivity index (χ4n) is 3.72. The molecule has 2 heteroatoms. The Hall–Kier alpha value is -0.860. The Bertz CT molecular complexity index is 439. The van der Waals surface area contributed by atoms with Gasteiger partial charge in [-0.2, -0.15) is 0 Å². The molecule has 1 aromatic carbocycles. The Morgan fingerprint density at radius 3 is 2.75 bits per heavy atom. The number of aliphatic hydroxyl groups is 1. The molecule has 110 valence electrons. The van der Waals surface area contributed by atoms with E-state index in [0.29, 0.717) is 12.0 Å². The molecule has 0 amide bonds. The van der Waals surface area contributed by atoms with E-state index < -0.39 is 0 Å². The lowest BCUT2D eigenvalue weighted by Gasteiger charge is -2.38. The number of hydrogen-bond donors (Lipinski definition) is 2. The predicted molar refractivity (Wildman–Crippen MR) is 82.9 cm³/mol. The third kappa shape index (κ3) is 3.24. The predicted octanol–water partition coefficient (Wildman–Crippen LogP) is 3.38. The molecule has 0 radical (unpaired) electrons. The van der Waals surface area contributed by atoms with Crippen LogP contribution < -0.4 is 5.32 Å². The van der Waals surface area contributed by atoms with Gasteiger partial charge in [0, 0.05) is 12.6 Å². The van der Waals surface area contributed by atoms with E-state index in [1.807, 2.05) is 0 Å². The highest BCUT2D eigenvalue weighted by Gasteiger charge is 2.31. The molecule has 2 atom stereocenters. The first-order valence-electron chi connectivity index (χ1n) is 8.20. The highest BCUT2D eigenvalue weighted by Crippen LogP contribution is 2.37. The molecule has 2 saturated carbocycles. The fourth-order valence-corrected chi connectivity index (χ4v) is 3.72. The van der Waals surface area contributed by atoms with Crippen molar-refractivity contribution in [1.29, 1.82) is 0 Å². The van der Waals surface area contributed by atoms with Crippen LogP contribution in [0.15, 0.2) is 24.3 Å². The Labute approximate surface area is 122 Å². The lowest BCUT2D eigenvalue weighted by Crippen LogP contribution is -2.44. The summed E-state index contributed by atoms with van der Waals surface area (Å²) in [5.74, 6) is 1.23. The van der Waals surface area contributed by atoms with Gasteiger partial charge in [0.05, 0.1) is 6.10 Å². The first kappa shape index (κ1) is 14.1. The molecule has 0 saturated heterocycles. The Kier molecular flexibility index (Phi) is 4.42. The normalized spacial score (nSPS) is 33.7. The zero-order chi connectivity index (χ0) is 13.9. The second-order valence-corrected chi connectivity index (χ2v) is 6.80. The molecular formula is C18H27NO. The lowest BCUT2D eigenvalue weighted by molar-refractivity contribution is 0.0655. The first-order valence-corrected chi connectivity index (χ1v) is 8.20. The van der Waals surface area contributed by atoms with Gasteiger partial charge in [-0.15, -0.1) is 0 Å². The van der Waals surface area contributed by atoms with E-state index in [4.69, 9.17) is 0 Å². The van der Waals surface area contributed by atoms with Crippen molar-refractivity contribution in [3.63, 3.8) is 0 Å². The summed E-state index contributed by atoms with van der Waals surface area (Å²) in [6.07, 6.45) is 7.14. The SMILES string of the molecule is Cc1cccc(C2CC(NCC3CCCCC3O)C2)c1. The molecule has 0 aliphatic heterocycles. The van der Waals surface area contributed by atoms with Crippen molar-refractivity contribution >= 4 is 0 Å². The zero-order valence-electron chi connectivity index (χ0n) is 12.5. The number of benzene rings is 1. The average Bonchev–Trinajstić information content (AvgIpc) is 2.39. The average molecular weight is 273 g/mol. The van der Waals surface area contributed by atoms with Gasteiger partial charge in [0.2, 0.25) is 0 Å². The van der Waals surface area contributed by atoms with E-state index in [1.54, 1.807) is 0 Å². The Balaban J connectivity index is 1.42. The smallest absolute Gasteiger partial charge is 0.0580 e. The molecule has 1 aromatic rings. The van der Waals surface area contributed by atoms with Crippen LogP contribution in [0.3, 0.4) is 0 Å².